The molecule has 0 amide bonds. The second-order valence-corrected chi connectivity index (χ2v) is 3.60. The molecule has 1 rings (SSSR count). The molecule has 1 heterocycles. The predicted octanol–water partition coefficient (Wildman–Crippen LogP) is 1.11. The lowest BCUT2D eigenvalue weighted by Crippen LogP contribution is -2.25. The van der Waals surface area contributed by atoms with E-state index in [4.69, 9.17) is 0 Å². The number of aromatic nitrogens is 1. The molecule has 14 heavy (non-hydrogen) atoms. The van der Waals surface area contributed by atoms with Crippen LogP contribution in [0.2, 0.25) is 0 Å². The molecule has 76 valence electrons. The van der Waals surface area contributed by atoms with Gasteiger partial charge in [0.1, 0.15) is 0 Å². The van der Waals surface area contributed by atoms with Gasteiger partial charge in [0.15, 0.2) is 0 Å². The Morgan fingerprint density at radius 1 is 1.57 bits per heavy atom. The number of hydrogen-bond donors (Lipinski definition) is 2. The molecule has 0 spiro atoms. The van der Waals surface area contributed by atoms with Crippen LogP contribution >= 0.6 is 0 Å². The molecular weight excluding hydrogens is 172 g/mol. The van der Waals surface area contributed by atoms with Crippen LogP contribution in [0, 0.1) is 0 Å². The van der Waals surface area contributed by atoms with E-state index >= 15 is 0 Å². The van der Waals surface area contributed by atoms with Crippen LogP contribution in [0.4, 0.5) is 0 Å². The minimum atomic E-state index is 0.449. The largest absolute Gasteiger partial charge is 0.383 e. The smallest absolute Gasteiger partial charge is 0.0381 e. The molecule has 2 heteroatoms. The molecule has 0 atom stereocenters. The molecular formula is C12H18N2. The van der Waals surface area contributed by atoms with Crippen molar-refractivity contribution in [3.05, 3.63) is 34.6 Å². The number of rotatable bonds is 3. The maximum absolute atomic E-state index is 3.91. The van der Waals surface area contributed by atoms with Crippen LogP contribution < -0.4 is 15.9 Å². The summed E-state index contributed by atoms with van der Waals surface area (Å²) in [6.07, 6.45) is 6.06. The van der Waals surface area contributed by atoms with Crippen molar-refractivity contribution in [3.63, 3.8) is 0 Å². The first-order valence-corrected chi connectivity index (χ1v) is 4.90. The number of H-pyrrole nitrogens is 1. The van der Waals surface area contributed by atoms with E-state index in [2.05, 4.69) is 42.9 Å². The maximum Gasteiger partial charge on any atom is 0.0381 e. The molecule has 0 bridgehead atoms. The predicted molar refractivity (Wildman–Crippen MR) is 62.1 cm³/mol. The van der Waals surface area contributed by atoms with Gasteiger partial charge in [-0.25, -0.2) is 0 Å². The highest BCUT2D eigenvalue weighted by molar-refractivity contribution is 5.45. The molecule has 0 radical (unpaired) electrons. The fourth-order valence-corrected chi connectivity index (χ4v) is 1.26. The van der Waals surface area contributed by atoms with Gasteiger partial charge < -0.3 is 10.3 Å². The Bertz CT molecular complexity index is 410. The summed E-state index contributed by atoms with van der Waals surface area (Å²) in [6.45, 7) is 10.2. The molecule has 0 saturated carbocycles. The SMILES string of the molecule is C=c1[nH]cc/c1=C/C(=C\C)NC(C)C. The zero-order valence-corrected chi connectivity index (χ0v) is 9.09. The summed E-state index contributed by atoms with van der Waals surface area (Å²) >= 11 is 0. The lowest BCUT2D eigenvalue weighted by atomic mass is 10.3. The average Bonchev–Trinajstić information content (AvgIpc) is 2.50. The second-order valence-electron chi connectivity index (χ2n) is 3.60. The van der Waals surface area contributed by atoms with E-state index in [9.17, 15) is 0 Å². The van der Waals surface area contributed by atoms with Crippen LogP contribution in [-0.2, 0) is 0 Å². The first-order valence-electron chi connectivity index (χ1n) is 4.90. The monoisotopic (exact) mass is 190 g/mol. The highest BCUT2D eigenvalue weighted by atomic mass is 14.9. The maximum atomic E-state index is 3.91. The molecule has 0 aliphatic rings. The normalized spacial score (nSPS) is 13.7. The van der Waals surface area contributed by atoms with E-state index < -0.39 is 0 Å². The van der Waals surface area contributed by atoms with Crippen molar-refractivity contribution in [3.8, 4) is 0 Å². The Kier molecular flexibility index (Phi) is 3.57. The van der Waals surface area contributed by atoms with E-state index in [0.29, 0.717) is 6.04 Å². The van der Waals surface area contributed by atoms with E-state index in [1.165, 1.54) is 0 Å². The summed E-state index contributed by atoms with van der Waals surface area (Å²) in [5.41, 5.74) is 1.13. The third-order valence-electron chi connectivity index (χ3n) is 1.95. The third-order valence-corrected chi connectivity index (χ3v) is 1.95. The van der Waals surface area contributed by atoms with Crippen molar-refractivity contribution >= 4 is 12.7 Å². The van der Waals surface area contributed by atoms with Gasteiger partial charge in [-0.1, -0.05) is 12.7 Å². The van der Waals surface area contributed by atoms with Gasteiger partial charge in [0.05, 0.1) is 0 Å². The number of aromatic amines is 1. The van der Waals surface area contributed by atoms with Crippen molar-refractivity contribution in [2.75, 3.05) is 0 Å². The Labute approximate surface area is 85.0 Å². The lowest BCUT2D eigenvalue weighted by Gasteiger charge is -2.09. The number of nitrogens with one attached hydrogen (secondary N) is 2. The van der Waals surface area contributed by atoms with Crippen molar-refractivity contribution in [2.24, 2.45) is 0 Å². The lowest BCUT2D eigenvalue weighted by molar-refractivity contribution is 0.685. The number of hydrogen-bond acceptors (Lipinski definition) is 1. The molecule has 0 aromatic carbocycles. The van der Waals surface area contributed by atoms with Crippen LogP contribution in [0.25, 0.3) is 12.7 Å². The highest BCUT2D eigenvalue weighted by Crippen LogP contribution is 1.92. The van der Waals surface area contributed by atoms with Crippen molar-refractivity contribution in [1.82, 2.24) is 10.3 Å². The fraction of sp³-hybridized carbons (Fsp3) is 0.333. The summed E-state index contributed by atoms with van der Waals surface area (Å²) in [6, 6.07) is 2.47. The van der Waals surface area contributed by atoms with Gasteiger partial charge in [-0.2, -0.15) is 0 Å². The molecule has 1 aromatic heterocycles. The van der Waals surface area contributed by atoms with Crippen LogP contribution in [0.5, 0.6) is 0 Å². The topological polar surface area (TPSA) is 27.8 Å². The molecule has 0 unspecified atom stereocenters. The minimum absolute atomic E-state index is 0.449. The van der Waals surface area contributed by atoms with Crippen molar-refractivity contribution in [1.29, 1.82) is 0 Å². The summed E-state index contributed by atoms with van der Waals surface area (Å²) in [5.74, 6) is 0. The summed E-state index contributed by atoms with van der Waals surface area (Å²) in [4.78, 5) is 3.05. The van der Waals surface area contributed by atoms with Crippen LogP contribution in [0.15, 0.2) is 24.0 Å². The van der Waals surface area contributed by atoms with Crippen LogP contribution in [0.3, 0.4) is 0 Å². The first kappa shape index (κ1) is 10.6. The van der Waals surface area contributed by atoms with Gasteiger partial charge in [-0.3, -0.25) is 0 Å². The van der Waals surface area contributed by atoms with E-state index in [1.54, 1.807) is 0 Å². The fourth-order valence-electron chi connectivity index (χ4n) is 1.26. The van der Waals surface area contributed by atoms with Gasteiger partial charge in [-0.05, 0) is 32.9 Å². The number of allylic oxidation sites excluding steroid dienone is 2. The Morgan fingerprint density at radius 3 is 2.71 bits per heavy atom. The van der Waals surface area contributed by atoms with Gasteiger partial charge in [-0.15, -0.1) is 0 Å². The molecule has 0 aliphatic heterocycles. The van der Waals surface area contributed by atoms with E-state index in [1.807, 2.05) is 19.2 Å². The molecule has 2 nitrogen and oxygen atoms in total. The van der Waals surface area contributed by atoms with Gasteiger partial charge in [0, 0.05) is 28.5 Å². The molecule has 0 saturated heterocycles. The second kappa shape index (κ2) is 4.70. The molecule has 0 aliphatic carbocycles. The zero-order chi connectivity index (χ0) is 10.6. The van der Waals surface area contributed by atoms with Crippen molar-refractivity contribution in [2.45, 2.75) is 26.8 Å². The Morgan fingerprint density at radius 2 is 2.29 bits per heavy atom. The summed E-state index contributed by atoms with van der Waals surface area (Å²) in [5, 5.41) is 5.44. The summed E-state index contributed by atoms with van der Waals surface area (Å²) < 4.78 is 0. The van der Waals surface area contributed by atoms with Gasteiger partial charge in [0.2, 0.25) is 0 Å². The Balaban J connectivity index is 2.96. The Hall–Kier alpha value is -1.44. The van der Waals surface area contributed by atoms with Crippen molar-refractivity contribution < 1.29 is 0 Å². The molecule has 1 aromatic rings. The highest BCUT2D eigenvalue weighted by Gasteiger charge is 1.94. The first-order chi connectivity index (χ1) is 6.63. The average molecular weight is 190 g/mol. The van der Waals surface area contributed by atoms with E-state index in [-0.39, 0.29) is 0 Å². The van der Waals surface area contributed by atoms with Gasteiger partial charge in [0.25, 0.3) is 0 Å². The van der Waals surface area contributed by atoms with Crippen LogP contribution in [-0.4, -0.2) is 11.0 Å². The third kappa shape index (κ3) is 2.80. The van der Waals surface area contributed by atoms with E-state index in [0.717, 1.165) is 16.3 Å². The minimum Gasteiger partial charge on any atom is -0.383 e. The molecule has 0 fully saturated rings. The van der Waals surface area contributed by atoms with Crippen LogP contribution in [0.1, 0.15) is 20.8 Å². The quantitative estimate of drug-likeness (QED) is 0.734. The summed E-state index contributed by atoms with van der Waals surface area (Å²) in [7, 11) is 0. The molecule has 2 N–H and O–H groups in total. The van der Waals surface area contributed by atoms with Gasteiger partial charge >= 0.3 is 0 Å². The zero-order valence-electron chi connectivity index (χ0n) is 9.09. The standard InChI is InChI=1S/C12H18N2/c1-5-12(14-9(2)3)8-11-6-7-13-10(11)4/h5-9,13-14H,4H2,1-3H3/b11-8-,12-5+.